The van der Waals surface area contributed by atoms with Crippen LogP contribution in [-0.2, 0) is 6.42 Å². The van der Waals surface area contributed by atoms with Crippen LogP contribution in [0.1, 0.15) is 25.3 Å². The Hall–Kier alpha value is -0.240. The summed E-state index contributed by atoms with van der Waals surface area (Å²) in [5.41, 5.74) is 1.51. The van der Waals surface area contributed by atoms with Gasteiger partial charge >= 0.3 is 0 Å². The van der Waals surface area contributed by atoms with Gasteiger partial charge in [-0.15, -0.1) is 12.4 Å². The second-order valence-corrected chi connectivity index (χ2v) is 4.77. The molecule has 1 atom stereocenters. The zero-order chi connectivity index (χ0) is 10.0. The van der Waals surface area contributed by atoms with Crippen molar-refractivity contribution in [3.63, 3.8) is 0 Å². The van der Waals surface area contributed by atoms with E-state index < -0.39 is 0 Å². The van der Waals surface area contributed by atoms with Crippen LogP contribution in [-0.4, -0.2) is 12.1 Å². The van der Waals surface area contributed by atoms with E-state index in [9.17, 15) is 0 Å². The molecule has 1 fully saturated rings. The molecule has 1 aromatic rings. The average Bonchev–Trinajstić information content (AvgIpc) is 2.57. The fourth-order valence-corrected chi connectivity index (χ4v) is 2.37. The lowest BCUT2D eigenvalue weighted by molar-refractivity contribution is 0.413. The molecule has 1 nitrogen and oxygen atoms in total. The predicted molar refractivity (Wildman–Crippen MR) is 68.0 cm³/mol. The van der Waals surface area contributed by atoms with E-state index in [1.807, 2.05) is 12.1 Å². The first-order valence-electron chi connectivity index (χ1n) is 5.18. The predicted octanol–water partition coefficient (Wildman–Crippen LogP) is 3.45. The van der Waals surface area contributed by atoms with Gasteiger partial charge in [0.25, 0.3) is 0 Å². The third-order valence-electron chi connectivity index (χ3n) is 3.00. The lowest BCUT2D eigenvalue weighted by Gasteiger charge is -2.24. The van der Waals surface area contributed by atoms with Crippen molar-refractivity contribution in [3.05, 3.63) is 34.9 Å². The summed E-state index contributed by atoms with van der Waals surface area (Å²) in [5, 5.41) is 4.44. The molecule has 1 aromatic carbocycles. The van der Waals surface area contributed by atoms with E-state index >= 15 is 0 Å². The van der Waals surface area contributed by atoms with Gasteiger partial charge in [-0.2, -0.15) is 0 Å². The lowest BCUT2D eigenvalue weighted by atomic mass is 9.91. The minimum absolute atomic E-state index is 0. The largest absolute Gasteiger partial charge is 0.311 e. The highest BCUT2D eigenvalue weighted by atomic mass is 35.5. The van der Waals surface area contributed by atoms with Gasteiger partial charge in [-0.05, 0) is 44.4 Å². The van der Waals surface area contributed by atoms with Crippen LogP contribution in [0.2, 0.25) is 5.02 Å². The van der Waals surface area contributed by atoms with Gasteiger partial charge in [0.05, 0.1) is 0 Å². The van der Waals surface area contributed by atoms with Crippen LogP contribution in [0.25, 0.3) is 0 Å². The van der Waals surface area contributed by atoms with Crippen molar-refractivity contribution in [2.24, 2.45) is 0 Å². The molecule has 3 heteroatoms. The van der Waals surface area contributed by atoms with E-state index in [1.54, 1.807) is 0 Å². The Balaban J connectivity index is 0.00000112. The fourth-order valence-electron chi connectivity index (χ4n) is 2.17. The maximum absolute atomic E-state index is 6.14. The number of hydrogen-bond acceptors (Lipinski definition) is 1. The molecule has 0 bridgehead atoms. The maximum atomic E-state index is 6.14. The Morgan fingerprint density at radius 3 is 2.73 bits per heavy atom. The van der Waals surface area contributed by atoms with Crippen molar-refractivity contribution < 1.29 is 0 Å². The standard InChI is InChI=1S/C12H16ClN.ClH/c1-12(7-4-8-14-12)9-10-5-2-3-6-11(10)13;/h2-3,5-6,14H,4,7-9H2,1H3;1H. The molecule has 0 aliphatic carbocycles. The lowest BCUT2D eigenvalue weighted by Crippen LogP contribution is -2.38. The summed E-state index contributed by atoms with van der Waals surface area (Å²) in [6, 6.07) is 8.12. The fraction of sp³-hybridized carbons (Fsp3) is 0.500. The highest BCUT2D eigenvalue weighted by molar-refractivity contribution is 6.31. The number of halogens is 2. The SMILES string of the molecule is CC1(Cc2ccccc2Cl)CCCN1.Cl. The number of nitrogens with one attached hydrogen (secondary N) is 1. The van der Waals surface area contributed by atoms with Gasteiger partial charge in [0, 0.05) is 10.6 Å². The van der Waals surface area contributed by atoms with Crippen LogP contribution in [0.5, 0.6) is 0 Å². The Kier molecular flexibility index (Phi) is 4.45. The molecule has 0 saturated carbocycles. The highest BCUT2D eigenvalue weighted by Crippen LogP contribution is 2.26. The summed E-state index contributed by atoms with van der Waals surface area (Å²) >= 11 is 6.14. The van der Waals surface area contributed by atoms with Crippen LogP contribution in [0.4, 0.5) is 0 Å². The van der Waals surface area contributed by atoms with Gasteiger partial charge in [0.1, 0.15) is 0 Å². The van der Waals surface area contributed by atoms with Crippen molar-refractivity contribution >= 4 is 24.0 Å². The molecule has 1 saturated heterocycles. The Morgan fingerprint density at radius 1 is 1.40 bits per heavy atom. The number of hydrogen-bond donors (Lipinski definition) is 1. The minimum atomic E-state index is 0. The first kappa shape index (κ1) is 12.8. The molecular weight excluding hydrogens is 229 g/mol. The van der Waals surface area contributed by atoms with Crippen molar-refractivity contribution in [1.82, 2.24) is 5.32 Å². The van der Waals surface area contributed by atoms with Gasteiger partial charge < -0.3 is 5.32 Å². The van der Waals surface area contributed by atoms with E-state index in [0.29, 0.717) is 0 Å². The first-order valence-corrected chi connectivity index (χ1v) is 5.56. The monoisotopic (exact) mass is 245 g/mol. The second-order valence-electron chi connectivity index (χ2n) is 4.36. The van der Waals surface area contributed by atoms with Crippen LogP contribution in [0, 0.1) is 0 Å². The van der Waals surface area contributed by atoms with Crippen LogP contribution in [0.3, 0.4) is 0 Å². The van der Waals surface area contributed by atoms with Crippen molar-refractivity contribution in [2.75, 3.05) is 6.54 Å². The maximum Gasteiger partial charge on any atom is 0.0438 e. The summed E-state index contributed by atoms with van der Waals surface area (Å²) in [7, 11) is 0. The summed E-state index contributed by atoms with van der Waals surface area (Å²) in [5.74, 6) is 0. The Morgan fingerprint density at radius 2 is 2.13 bits per heavy atom. The Labute approximate surface area is 103 Å². The minimum Gasteiger partial charge on any atom is -0.311 e. The molecule has 0 aromatic heterocycles. The topological polar surface area (TPSA) is 12.0 Å². The zero-order valence-corrected chi connectivity index (χ0v) is 10.5. The number of benzene rings is 1. The van der Waals surface area contributed by atoms with Gasteiger partial charge in [0.2, 0.25) is 0 Å². The summed E-state index contributed by atoms with van der Waals surface area (Å²) in [6.45, 7) is 3.42. The Bertz CT molecular complexity index is 319. The second kappa shape index (κ2) is 5.20. The van der Waals surface area contributed by atoms with E-state index in [-0.39, 0.29) is 17.9 Å². The van der Waals surface area contributed by atoms with Crippen molar-refractivity contribution in [1.29, 1.82) is 0 Å². The third-order valence-corrected chi connectivity index (χ3v) is 3.36. The van der Waals surface area contributed by atoms with Gasteiger partial charge in [-0.1, -0.05) is 29.8 Å². The first-order chi connectivity index (χ1) is 6.70. The highest BCUT2D eigenvalue weighted by Gasteiger charge is 2.28. The van der Waals surface area contributed by atoms with E-state index in [0.717, 1.165) is 18.0 Å². The molecule has 15 heavy (non-hydrogen) atoms. The molecule has 1 aliphatic heterocycles. The zero-order valence-electron chi connectivity index (χ0n) is 8.92. The third kappa shape index (κ3) is 3.10. The smallest absolute Gasteiger partial charge is 0.0438 e. The van der Waals surface area contributed by atoms with E-state index in [1.165, 1.54) is 18.4 Å². The van der Waals surface area contributed by atoms with Crippen molar-refractivity contribution in [3.8, 4) is 0 Å². The molecule has 1 unspecified atom stereocenters. The molecule has 0 spiro atoms. The van der Waals surface area contributed by atoms with Gasteiger partial charge in [-0.3, -0.25) is 0 Å². The van der Waals surface area contributed by atoms with Gasteiger partial charge in [-0.25, -0.2) is 0 Å². The van der Waals surface area contributed by atoms with Crippen LogP contribution < -0.4 is 5.32 Å². The van der Waals surface area contributed by atoms with E-state index in [4.69, 9.17) is 11.6 Å². The summed E-state index contributed by atoms with van der Waals surface area (Å²) < 4.78 is 0. The van der Waals surface area contributed by atoms with Crippen molar-refractivity contribution in [2.45, 2.75) is 31.7 Å². The molecule has 0 radical (unpaired) electrons. The molecule has 1 aliphatic rings. The average molecular weight is 246 g/mol. The molecule has 2 rings (SSSR count). The molecule has 1 heterocycles. The normalized spacial score (nSPS) is 24.9. The molecule has 0 amide bonds. The van der Waals surface area contributed by atoms with Crippen LogP contribution in [0.15, 0.2) is 24.3 Å². The van der Waals surface area contributed by atoms with Crippen LogP contribution >= 0.6 is 24.0 Å². The molecular formula is C12H17Cl2N. The number of rotatable bonds is 2. The van der Waals surface area contributed by atoms with Gasteiger partial charge in [0.15, 0.2) is 0 Å². The van der Waals surface area contributed by atoms with E-state index in [2.05, 4.69) is 24.4 Å². The quantitative estimate of drug-likeness (QED) is 0.842. The molecule has 1 N–H and O–H groups in total. The summed E-state index contributed by atoms with van der Waals surface area (Å²) in [6.07, 6.45) is 3.56. The molecule has 84 valence electrons. The summed E-state index contributed by atoms with van der Waals surface area (Å²) in [4.78, 5) is 0.